The Balaban J connectivity index is 1.53. The molecule has 0 aliphatic carbocycles. The number of anilines is 1. The molecule has 0 aliphatic rings. The Morgan fingerprint density at radius 1 is 1.05 bits per heavy atom. The summed E-state index contributed by atoms with van der Waals surface area (Å²) >= 11 is 6.43. The number of non-ortho nitro benzene ring substituents is 1. The van der Waals surface area contributed by atoms with Crippen molar-refractivity contribution >= 4 is 41.0 Å². The quantitative estimate of drug-likeness (QED) is 0.150. The highest BCUT2D eigenvalue weighted by Crippen LogP contribution is 2.28. The van der Waals surface area contributed by atoms with Gasteiger partial charge in [0.15, 0.2) is 0 Å². The van der Waals surface area contributed by atoms with Crippen molar-refractivity contribution in [3.05, 3.63) is 112 Å². The topological polar surface area (TPSA) is 110 Å². The lowest BCUT2D eigenvalue weighted by atomic mass is 10.1. The third kappa shape index (κ3) is 6.97. The summed E-state index contributed by atoms with van der Waals surface area (Å²) < 4.78 is 1.57. The van der Waals surface area contributed by atoms with Gasteiger partial charge in [-0.25, -0.2) is 4.68 Å². The lowest BCUT2D eigenvalue weighted by molar-refractivity contribution is -0.384. The molecule has 2 amide bonds. The van der Waals surface area contributed by atoms with E-state index in [1.807, 2.05) is 49.4 Å². The van der Waals surface area contributed by atoms with E-state index in [9.17, 15) is 19.7 Å². The van der Waals surface area contributed by atoms with E-state index in [-0.39, 0.29) is 18.1 Å². The summed E-state index contributed by atoms with van der Waals surface area (Å²) in [6, 6.07) is 24.3. The second kappa shape index (κ2) is 12.7. The van der Waals surface area contributed by atoms with Crippen LogP contribution in [0, 0.1) is 10.1 Å². The lowest BCUT2D eigenvalue weighted by Crippen LogP contribution is -2.37. The van der Waals surface area contributed by atoms with Gasteiger partial charge in [-0.1, -0.05) is 61.0 Å². The summed E-state index contributed by atoms with van der Waals surface area (Å²) in [5, 5.41) is 18.9. The first kappa shape index (κ1) is 27.3. The molecule has 1 N–H and O–H groups in total. The summed E-state index contributed by atoms with van der Waals surface area (Å²) in [5.41, 5.74) is 2.72. The molecule has 1 heterocycles. The Morgan fingerprint density at radius 3 is 2.41 bits per heavy atom. The maximum absolute atomic E-state index is 13.1. The number of halogens is 1. The molecule has 4 aromatic rings. The molecule has 3 aromatic carbocycles. The number of rotatable bonds is 10. The third-order valence-corrected chi connectivity index (χ3v) is 6.11. The molecule has 0 radical (unpaired) electrons. The summed E-state index contributed by atoms with van der Waals surface area (Å²) in [6.45, 7) is 2.11. The molecule has 39 heavy (non-hydrogen) atoms. The van der Waals surface area contributed by atoms with Crippen molar-refractivity contribution in [2.45, 2.75) is 13.3 Å². The lowest BCUT2D eigenvalue weighted by Gasteiger charge is -2.20. The fourth-order valence-corrected chi connectivity index (χ4v) is 4.12. The van der Waals surface area contributed by atoms with Crippen molar-refractivity contribution in [1.29, 1.82) is 0 Å². The van der Waals surface area contributed by atoms with Crippen molar-refractivity contribution in [3.63, 3.8) is 0 Å². The molecule has 0 bridgehead atoms. The van der Waals surface area contributed by atoms with Crippen LogP contribution in [0.1, 0.15) is 18.9 Å². The minimum absolute atomic E-state index is 0.0331. The van der Waals surface area contributed by atoms with E-state index in [0.29, 0.717) is 40.8 Å². The number of benzene rings is 3. The van der Waals surface area contributed by atoms with Crippen molar-refractivity contribution in [2.24, 2.45) is 0 Å². The summed E-state index contributed by atoms with van der Waals surface area (Å²) in [4.78, 5) is 37.8. The van der Waals surface area contributed by atoms with Gasteiger partial charge in [0.2, 0.25) is 11.8 Å². The van der Waals surface area contributed by atoms with Crippen molar-refractivity contribution in [2.75, 3.05) is 18.4 Å². The van der Waals surface area contributed by atoms with Gasteiger partial charge in [-0.05, 0) is 42.3 Å². The zero-order chi connectivity index (χ0) is 27.8. The Hall–Kier alpha value is -4.76. The molecule has 0 saturated heterocycles. The van der Waals surface area contributed by atoms with Crippen LogP contribution in [0.5, 0.6) is 0 Å². The van der Waals surface area contributed by atoms with Crippen LogP contribution >= 0.6 is 11.6 Å². The number of nitrogens with one attached hydrogen (secondary N) is 1. The number of para-hydroxylation sites is 1. The number of hydrogen-bond acceptors (Lipinski definition) is 5. The monoisotopic (exact) mass is 543 g/mol. The van der Waals surface area contributed by atoms with Crippen molar-refractivity contribution in [1.82, 2.24) is 14.7 Å². The SMILES string of the molecule is CCCN(CC(=O)Nc1cc(-c2ccccc2)nn1-c1ccccc1Cl)C(=O)/C=C/c1ccc([N+](=O)[O-])cc1. The van der Waals surface area contributed by atoms with Crippen LogP contribution < -0.4 is 5.32 Å². The number of amides is 2. The molecule has 9 nitrogen and oxygen atoms in total. The second-order valence-electron chi connectivity index (χ2n) is 8.63. The van der Waals surface area contributed by atoms with Crippen LogP contribution in [0.4, 0.5) is 11.5 Å². The van der Waals surface area contributed by atoms with Gasteiger partial charge >= 0.3 is 0 Å². The smallest absolute Gasteiger partial charge is 0.269 e. The number of carbonyl (C=O) groups is 2. The van der Waals surface area contributed by atoms with Gasteiger partial charge in [0.1, 0.15) is 12.4 Å². The van der Waals surface area contributed by atoms with E-state index >= 15 is 0 Å². The Kier molecular flexibility index (Phi) is 8.86. The zero-order valence-electron chi connectivity index (χ0n) is 21.2. The van der Waals surface area contributed by atoms with Gasteiger partial charge in [-0.3, -0.25) is 19.7 Å². The minimum Gasteiger partial charge on any atom is -0.330 e. The number of nitrogens with zero attached hydrogens (tertiary/aromatic N) is 4. The van der Waals surface area contributed by atoms with Crippen LogP contribution in [-0.2, 0) is 9.59 Å². The van der Waals surface area contributed by atoms with Crippen LogP contribution in [0.3, 0.4) is 0 Å². The molecule has 0 fully saturated rings. The van der Waals surface area contributed by atoms with E-state index in [0.717, 1.165) is 5.56 Å². The fraction of sp³-hybridized carbons (Fsp3) is 0.138. The molecule has 0 saturated carbocycles. The van der Waals surface area contributed by atoms with Crippen molar-refractivity contribution < 1.29 is 14.5 Å². The number of nitro benzene ring substituents is 1. The van der Waals surface area contributed by atoms with E-state index in [1.54, 1.807) is 41.1 Å². The number of hydrogen-bond donors (Lipinski definition) is 1. The van der Waals surface area contributed by atoms with E-state index in [2.05, 4.69) is 10.4 Å². The molecule has 0 unspecified atom stereocenters. The van der Waals surface area contributed by atoms with E-state index < -0.39 is 10.8 Å². The number of nitro groups is 1. The van der Waals surface area contributed by atoms with Gasteiger partial charge in [-0.2, -0.15) is 5.10 Å². The maximum Gasteiger partial charge on any atom is 0.269 e. The van der Waals surface area contributed by atoms with Gasteiger partial charge in [0.05, 0.1) is 21.3 Å². The molecule has 10 heteroatoms. The summed E-state index contributed by atoms with van der Waals surface area (Å²) in [5.74, 6) is -0.333. The first-order valence-corrected chi connectivity index (χ1v) is 12.6. The van der Waals surface area contributed by atoms with Gasteiger partial charge in [0.25, 0.3) is 5.69 Å². The number of carbonyl (C=O) groups excluding carboxylic acids is 2. The summed E-state index contributed by atoms with van der Waals surface area (Å²) in [6.07, 6.45) is 3.57. The molecular weight excluding hydrogens is 518 g/mol. The highest BCUT2D eigenvalue weighted by atomic mass is 35.5. The Labute approximate surface area is 230 Å². The molecular formula is C29H26ClN5O4. The molecule has 0 spiro atoms. The standard InChI is InChI=1S/C29H26ClN5O4/c1-2-18-33(29(37)17-14-21-12-15-23(16-13-21)35(38)39)20-28(36)31-27-19-25(22-8-4-3-5-9-22)32-34(27)26-11-7-6-10-24(26)30/h3-17,19H,2,18,20H2,1H3,(H,31,36)/b17-14+. The first-order valence-electron chi connectivity index (χ1n) is 12.3. The average Bonchev–Trinajstić information content (AvgIpc) is 3.35. The molecule has 0 atom stereocenters. The molecule has 198 valence electrons. The van der Waals surface area contributed by atoms with Gasteiger partial charge < -0.3 is 10.2 Å². The first-order chi connectivity index (χ1) is 18.9. The van der Waals surface area contributed by atoms with Crippen LogP contribution in [0.2, 0.25) is 5.02 Å². The van der Waals surface area contributed by atoms with Crippen molar-refractivity contribution in [3.8, 4) is 16.9 Å². The second-order valence-corrected chi connectivity index (χ2v) is 9.04. The molecule has 0 aliphatic heterocycles. The van der Waals surface area contributed by atoms with Gasteiger partial charge in [0, 0.05) is 36.4 Å². The third-order valence-electron chi connectivity index (χ3n) is 5.79. The predicted octanol–water partition coefficient (Wildman–Crippen LogP) is 5.99. The number of aromatic nitrogens is 2. The van der Waals surface area contributed by atoms with Gasteiger partial charge in [-0.15, -0.1) is 0 Å². The van der Waals surface area contributed by atoms with Crippen LogP contribution in [-0.4, -0.2) is 44.5 Å². The molecule has 4 rings (SSSR count). The predicted molar refractivity (Wildman–Crippen MR) is 152 cm³/mol. The average molecular weight is 544 g/mol. The van der Waals surface area contributed by atoms with Crippen LogP contribution in [0.25, 0.3) is 23.0 Å². The minimum atomic E-state index is -0.485. The molecule has 1 aromatic heterocycles. The summed E-state index contributed by atoms with van der Waals surface area (Å²) in [7, 11) is 0. The highest BCUT2D eigenvalue weighted by molar-refractivity contribution is 6.32. The highest BCUT2D eigenvalue weighted by Gasteiger charge is 2.19. The van der Waals surface area contributed by atoms with E-state index in [1.165, 1.54) is 23.1 Å². The zero-order valence-corrected chi connectivity index (χ0v) is 21.9. The largest absolute Gasteiger partial charge is 0.330 e. The Morgan fingerprint density at radius 2 is 1.74 bits per heavy atom. The fourth-order valence-electron chi connectivity index (χ4n) is 3.90. The normalized spacial score (nSPS) is 10.9. The maximum atomic E-state index is 13.1. The van der Waals surface area contributed by atoms with Crippen LogP contribution in [0.15, 0.2) is 91.0 Å². The van der Waals surface area contributed by atoms with E-state index in [4.69, 9.17) is 11.6 Å². The Bertz CT molecular complexity index is 1500.